The van der Waals surface area contributed by atoms with Crippen molar-refractivity contribution in [3.05, 3.63) is 36.5 Å². The summed E-state index contributed by atoms with van der Waals surface area (Å²) in [6.07, 6.45) is 58.9. The van der Waals surface area contributed by atoms with E-state index in [0.29, 0.717) is 12.8 Å². The molecule has 0 aromatic rings. The molecule has 0 radical (unpaired) electrons. The Kier molecular flexibility index (Phi) is 62.5. The molecule has 0 bridgehead atoms. The monoisotopic (exact) mass is 1510 g/mol. The fourth-order valence-corrected chi connectivity index (χ4v) is 15.1. The van der Waals surface area contributed by atoms with Crippen LogP contribution in [0.4, 0.5) is 0 Å². The van der Waals surface area contributed by atoms with Crippen LogP contribution in [0.2, 0.25) is 0 Å². The van der Waals surface area contributed by atoms with Gasteiger partial charge in [0.15, 0.2) is 18.9 Å². The van der Waals surface area contributed by atoms with Crippen LogP contribution < -0.4 is 5.32 Å². The molecule has 106 heavy (non-hydrogen) atoms. The van der Waals surface area contributed by atoms with Crippen LogP contribution in [-0.4, -0.2) is 193 Å². The number of carbonyl (C=O) groups is 1. The van der Waals surface area contributed by atoms with Gasteiger partial charge in [-0.25, -0.2) is 0 Å². The molecule has 3 saturated heterocycles. The van der Waals surface area contributed by atoms with E-state index in [1.165, 1.54) is 302 Å². The van der Waals surface area contributed by atoms with Crippen LogP contribution in [0.1, 0.15) is 380 Å². The van der Waals surface area contributed by atoms with Crippen LogP contribution in [0.5, 0.6) is 0 Å². The second kappa shape index (κ2) is 67.5. The maximum Gasteiger partial charge on any atom is 0.220 e. The van der Waals surface area contributed by atoms with Crippen LogP contribution in [0.3, 0.4) is 0 Å². The van der Waals surface area contributed by atoms with E-state index < -0.39 is 124 Å². The predicted molar refractivity (Wildman–Crippen MR) is 425 cm³/mol. The number of aliphatic hydroxyl groups excluding tert-OH is 11. The molecule has 3 aliphatic heterocycles. The van der Waals surface area contributed by atoms with Crippen LogP contribution in [-0.2, 0) is 33.2 Å². The number of carbonyl (C=O) groups excluding carboxylic acids is 1. The summed E-state index contributed by atoms with van der Waals surface area (Å²) in [5.74, 6) is -0.282. The van der Waals surface area contributed by atoms with Gasteiger partial charge in [-0.2, -0.15) is 0 Å². The van der Waals surface area contributed by atoms with Gasteiger partial charge >= 0.3 is 0 Å². The Morgan fingerprint density at radius 2 is 0.604 bits per heavy atom. The first-order chi connectivity index (χ1) is 51.8. The molecule has 12 N–H and O–H groups in total. The highest BCUT2D eigenvalue weighted by atomic mass is 16.8. The third kappa shape index (κ3) is 46.3. The molecule has 0 saturated carbocycles. The zero-order valence-electron chi connectivity index (χ0n) is 67.2. The maximum atomic E-state index is 13.5. The van der Waals surface area contributed by atoms with Crippen molar-refractivity contribution >= 4 is 5.91 Å². The van der Waals surface area contributed by atoms with Gasteiger partial charge in [-0.1, -0.05) is 365 Å². The Morgan fingerprint density at radius 3 is 0.943 bits per heavy atom. The maximum absolute atomic E-state index is 13.5. The Morgan fingerprint density at radius 1 is 0.330 bits per heavy atom. The summed E-state index contributed by atoms with van der Waals surface area (Å²) in [4.78, 5) is 13.5. The summed E-state index contributed by atoms with van der Waals surface area (Å²) in [5.41, 5.74) is 0. The lowest BCUT2D eigenvalue weighted by molar-refractivity contribution is -0.379. The SMILES string of the molecule is CCCCCCCCCCCCCC/C=C/CC/C=C/CC/C=C/C(O)C(COC1OC(CO)C(OC2OC(CO)C(OC3OC(CO)C(O)C(O)C3O)C(O)C2O)C(O)C1O)NC(=O)CCCCCCCCCCCCCCCCCCCCCCCCCCCCCCCCCCCCCCCCC. The van der Waals surface area contributed by atoms with E-state index in [9.17, 15) is 61.0 Å². The molecule has 0 aromatic heterocycles. The van der Waals surface area contributed by atoms with E-state index in [-0.39, 0.29) is 18.9 Å². The van der Waals surface area contributed by atoms with E-state index in [1.807, 2.05) is 6.08 Å². The Labute approximate surface area is 644 Å². The van der Waals surface area contributed by atoms with Crippen molar-refractivity contribution in [2.24, 2.45) is 0 Å². The minimum atomic E-state index is -1.98. The van der Waals surface area contributed by atoms with Crippen LogP contribution >= 0.6 is 0 Å². The minimum absolute atomic E-state index is 0.237. The van der Waals surface area contributed by atoms with Crippen molar-refractivity contribution in [1.29, 1.82) is 0 Å². The summed E-state index contributed by atoms with van der Waals surface area (Å²) in [6, 6.07) is -0.996. The van der Waals surface area contributed by atoms with Gasteiger partial charge in [0.2, 0.25) is 5.91 Å². The smallest absolute Gasteiger partial charge is 0.220 e. The number of hydrogen-bond acceptors (Lipinski definition) is 18. The van der Waals surface area contributed by atoms with Gasteiger partial charge < -0.3 is 89.9 Å². The second-order valence-electron chi connectivity index (χ2n) is 31.7. The van der Waals surface area contributed by atoms with Crippen molar-refractivity contribution in [2.75, 3.05) is 26.4 Å². The highest BCUT2D eigenvalue weighted by molar-refractivity contribution is 5.76. The van der Waals surface area contributed by atoms with Crippen molar-refractivity contribution in [1.82, 2.24) is 5.32 Å². The van der Waals surface area contributed by atoms with Gasteiger partial charge in [-0.15, -0.1) is 0 Å². The predicted octanol–water partition coefficient (Wildman–Crippen LogP) is 16.2. The average Bonchev–Trinajstić information content (AvgIpc) is 0.780. The average molecular weight is 1510 g/mol. The van der Waals surface area contributed by atoms with Crippen LogP contribution in [0, 0.1) is 0 Å². The molecule has 0 aromatic carbocycles. The first-order valence-corrected chi connectivity index (χ1v) is 44.2. The fourth-order valence-electron chi connectivity index (χ4n) is 15.1. The lowest BCUT2D eigenvalue weighted by atomic mass is 9.96. The van der Waals surface area contributed by atoms with Gasteiger partial charge in [0.05, 0.1) is 38.6 Å². The van der Waals surface area contributed by atoms with E-state index in [0.717, 1.165) is 44.9 Å². The molecule has 17 unspecified atom stereocenters. The van der Waals surface area contributed by atoms with Gasteiger partial charge in [0.1, 0.15) is 73.2 Å². The van der Waals surface area contributed by atoms with E-state index in [2.05, 4.69) is 43.5 Å². The van der Waals surface area contributed by atoms with Crippen molar-refractivity contribution < 1.29 is 89.4 Å². The topological polar surface area (TPSA) is 307 Å². The van der Waals surface area contributed by atoms with Crippen LogP contribution in [0.25, 0.3) is 0 Å². The number of ether oxygens (including phenoxy) is 6. The Hall–Kier alpha value is -1.99. The van der Waals surface area contributed by atoms with Crippen LogP contribution in [0.15, 0.2) is 36.5 Å². The van der Waals surface area contributed by atoms with Gasteiger partial charge in [-0.3, -0.25) is 4.79 Å². The third-order valence-electron chi connectivity index (χ3n) is 22.2. The number of nitrogens with one attached hydrogen (secondary N) is 1. The first-order valence-electron chi connectivity index (χ1n) is 44.2. The number of hydrogen-bond donors (Lipinski definition) is 12. The largest absolute Gasteiger partial charge is 0.394 e. The summed E-state index contributed by atoms with van der Waals surface area (Å²) < 4.78 is 34.5. The lowest BCUT2D eigenvalue weighted by Gasteiger charge is -2.48. The zero-order valence-corrected chi connectivity index (χ0v) is 67.2. The first kappa shape index (κ1) is 98.2. The number of allylic oxidation sites excluding steroid dienone is 5. The normalized spacial score (nSPS) is 25.8. The van der Waals surface area contributed by atoms with Gasteiger partial charge in [0, 0.05) is 6.42 Å². The molecule has 624 valence electrons. The van der Waals surface area contributed by atoms with Gasteiger partial charge in [0.25, 0.3) is 0 Å². The molecule has 3 fully saturated rings. The molecule has 0 spiro atoms. The third-order valence-corrected chi connectivity index (χ3v) is 22.2. The van der Waals surface area contributed by atoms with E-state index >= 15 is 0 Å². The molecule has 3 aliphatic rings. The lowest BCUT2D eigenvalue weighted by Crippen LogP contribution is -2.66. The number of unbranched alkanes of at least 4 members (excludes halogenated alkanes) is 52. The summed E-state index contributed by atoms with van der Waals surface area (Å²) >= 11 is 0. The van der Waals surface area contributed by atoms with Crippen molar-refractivity contribution in [2.45, 2.75) is 484 Å². The zero-order chi connectivity index (χ0) is 76.7. The Balaban J connectivity index is 1.31. The molecule has 19 nitrogen and oxygen atoms in total. The van der Waals surface area contributed by atoms with Crippen molar-refractivity contribution in [3.63, 3.8) is 0 Å². The summed E-state index contributed by atoms with van der Waals surface area (Å²) in [7, 11) is 0. The highest BCUT2D eigenvalue weighted by Crippen LogP contribution is 2.34. The minimum Gasteiger partial charge on any atom is -0.394 e. The quantitative estimate of drug-likeness (QED) is 0.0199. The standard InChI is InChI=1S/C87H163NO18/c1-3-5-7-9-11-13-15-17-19-21-23-25-27-28-29-30-31-32-33-34-35-36-37-38-39-40-41-42-43-45-47-49-51-53-55-57-59-61-63-65-75(93)88-70(71(92)64-62-60-58-56-54-52-50-48-46-44-26-24-22-20-18-16-14-12-10-8-6-4-2)69-101-85-81(99)78(96)83(73(67-90)103-85)106-87-82(100)79(97)84(74(68-91)104-87)105-86-80(98)77(95)76(94)72(66-89)102-86/h46,48,54,56,62,64,70-74,76-87,89-92,94-100H,3-45,47,49-53,55,57-61,63,65-69H2,1-2H3,(H,88,93)/b48-46+,56-54+,64-62+. The molecular weight excluding hydrogens is 1350 g/mol. The molecule has 3 heterocycles. The van der Waals surface area contributed by atoms with E-state index in [4.69, 9.17) is 28.4 Å². The number of aliphatic hydroxyl groups is 11. The molecule has 17 atom stereocenters. The molecule has 1 amide bonds. The fraction of sp³-hybridized carbons (Fsp3) is 0.920. The summed E-state index contributed by atoms with van der Waals surface area (Å²) in [5, 5.41) is 121. The molecule has 3 rings (SSSR count). The van der Waals surface area contributed by atoms with E-state index in [1.54, 1.807) is 6.08 Å². The molecule has 19 heteroatoms. The number of rotatable bonds is 72. The van der Waals surface area contributed by atoms with Crippen molar-refractivity contribution in [3.8, 4) is 0 Å². The molecular formula is C87H163NO18. The summed E-state index contributed by atoms with van der Waals surface area (Å²) in [6.45, 7) is 1.77. The van der Waals surface area contributed by atoms with Gasteiger partial charge in [-0.05, 0) is 44.9 Å². The highest BCUT2D eigenvalue weighted by Gasteiger charge is 2.54. The molecule has 0 aliphatic carbocycles. The number of amides is 1. The Bertz CT molecular complexity index is 2050. The second-order valence-corrected chi connectivity index (χ2v) is 31.7.